The minimum atomic E-state index is -1.72. The molecule has 4 aliphatic heterocycles. The zero-order valence-corrected chi connectivity index (χ0v) is 23.1. The normalized spacial score (nSPS) is 27.5. The Labute approximate surface area is 236 Å². The molecule has 41 heavy (non-hydrogen) atoms. The molecular weight excluding hydrogens is 533 g/mol. The number of nitrogens with one attached hydrogen (secondary N) is 2. The van der Waals surface area contributed by atoms with E-state index in [9.17, 15) is 19.2 Å². The predicted molar refractivity (Wildman–Crippen MR) is 144 cm³/mol. The smallest absolute Gasteiger partial charge is 0.322 e. The second-order valence-electron chi connectivity index (χ2n) is 11.3. The summed E-state index contributed by atoms with van der Waals surface area (Å²) in [6.45, 7) is 1.09. The lowest BCUT2D eigenvalue weighted by Gasteiger charge is -2.36. The van der Waals surface area contributed by atoms with Crippen LogP contribution in [0.1, 0.15) is 28.8 Å². The maximum atomic E-state index is 15.2. The molecule has 2 N–H and O–H groups in total. The Morgan fingerprint density at radius 2 is 1.93 bits per heavy atom. The van der Waals surface area contributed by atoms with E-state index in [4.69, 9.17) is 9.47 Å². The molecule has 0 saturated carbocycles. The van der Waals surface area contributed by atoms with E-state index in [1.165, 1.54) is 24.2 Å². The fourth-order valence-corrected chi connectivity index (χ4v) is 6.24. The molecule has 0 spiro atoms. The molecule has 2 fully saturated rings. The molecule has 216 valence electrons. The largest absolute Gasteiger partial charge is 0.497 e. The number of methoxy groups -OCH3 is 1. The van der Waals surface area contributed by atoms with E-state index in [0.29, 0.717) is 30.4 Å². The number of rotatable bonds is 6. The molecule has 0 radical (unpaired) electrons. The van der Waals surface area contributed by atoms with Crippen LogP contribution in [0, 0.1) is 5.92 Å². The van der Waals surface area contributed by atoms with Crippen LogP contribution in [0.4, 0.5) is 9.18 Å². The molecule has 1 aromatic carbocycles. The fourth-order valence-electron chi connectivity index (χ4n) is 6.24. The molecule has 5 amide bonds. The summed E-state index contributed by atoms with van der Waals surface area (Å²) in [7, 11) is 5.52. The molecule has 5 aliphatic rings. The average molecular weight is 566 g/mol. The summed E-state index contributed by atoms with van der Waals surface area (Å²) in [5.74, 6) is -1.98. The Kier molecular flexibility index (Phi) is 6.60. The van der Waals surface area contributed by atoms with E-state index in [1.807, 2.05) is 14.1 Å². The van der Waals surface area contributed by atoms with Crippen LogP contribution in [0.15, 0.2) is 53.6 Å². The number of carbonyl (C=O) groups is 4. The number of nitrogens with zero attached hydrogens (tertiary/aromatic N) is 3. The molecule has 1 aromatic rings. The zero-order valence-electron chi connectivity index (χ0n) is 23.1. The second-order valence-corrected chi connectivity index (χ2v) is 11.3. The molecule has 4 heterocycles. The van der Waals surface area contributed by atoms with Crippen molar-refractivity contribution >= 4 is 23.8 Å². The summed E-state index contributed by atoms with van der Waals surface area (Å²) in [5, 5.41) is 4.90. The summed E-state index contributed by atoms with van der Waals surface area (Å²) in [6, 6.07) is 4.82. The van der Waals surface area contributed by atoms with Gasteiger partial charge in [-0.05, 0) is 56.8 Å². The molecule has 12 heteroatoms. The third kappa shape index (κ3) is 4.55. The van der Waals surface area contributed by atoms with E-state index in [-0.39, 0.29) is 36.2 Å². The predicted octanol–water partition coefficient (Wildman–Crippen LogP) is 1.47. The summed E-state index contributed by atoms with van der Waals surface area (Å²) in [4.78, 5) is 57.4. The first-order chi connectivity index (χ1) is 19.6. The van der Waals surface area contributed by atoms with Crippen LogP contribution in [0.2, 0.25) is 0 Å². The van der Waals surface area contributed by atoms with Crippen molar-refractivity contribution in [2.24, 2.45) is 5.92 Å². The standard InChI is InChI=1S/C29H32FN5O6/c1-33(2)18-6-8-34(9-7-18)26(37)21-10-17-11-24(41-23(17)13-22(21)30)29(27(38)31-28(39)32-29)15-35-14-16-4-5-19(40-3)12-20(16)25(35)36/h4-5,10-13,17-18,23H,6-9,14-15H2,1-3H3,(H2,31,32,38,39)/t17?,23?,29-/m0/s1. The van der Waals surface area contributed by atoms with Crippen molar-refractivity contribution in [3.8, 4) is 5.75 Å². The van der Waals surface area contributed by atoms with E-state index in [2.05, 4.69) is 15.5 Å². The molecule has 3 atom stereocenters. The van der Waals surface area contributed by atoms with Crippen LogP contribution in [0.25, 0.3) is 0 Å². The van der Waals surface area contributed by atoms with Crippen LogP contribution in [0.3, 0.4) is 0 Å². The van der Waals surface area contributed by atoms with Gasteiger partial charge in [0.05, 0.1) is 19.2 Å². The van der Waals surface area contributed by atoms with Gasteiger partial charge in [0.2, 0.25) is 0 Å². The minimum absolute atomic E-state index is 0.0382. The van der Waals surface area contributed by atoms with Gasteiger partial charge in [-0.25, -0.2) is 9.18 Å². The Balaban J connectivity index is 1.25. The van der Waals surface area contributed by atoms with Gasteiger partial charge < -0.3 is 29.5 Å². The van der Waals surface area contributed by atoms with Gasteiger partial charge in [0, 0.05) is 37.2 Å². The monoisotopic (exact) mass is 565 g/mol. The van der Waals surface area contributed by atoms with Crippen molar-refractivity contribution in [2.45, 2.75) is 37.1 Å². The van der Waals surface area contributed by atoms with Crippen molar-refractivity contribution in [1.82, 2.24) is 25.3 Å². The number of benzene rings is 1. The van der Waals surface area contributed by atoms with Gasteiger partial charge in [-0.2, -0.15) is 0 Å². The second kappa shape index (κ2) is 10.0. The minimum Gasteiger partial charge on any atom is -0.497 e. The zero-order chi connectivity index (χ0) is 29.1. The van der Waals surface area contributed by atoms with Gasteiger partial charge in [0.1, 0.15) is 23.4 Å². The topological polar surface area (TPSA) is 121 Å². The first-order valence-electron chi connectivity index (χ1n) is 13.6. The number of fused-ring (bicyclic) bond motifs is 2. The molecule has 0 aromatic heterocycles. The van der Waals surface area contributed by atoms with Gasteiger partial charge in [-0.3, -0.25) is 19.7 Å². The fraction of sp³-hybridized carbons (Fsp3) is 0.448. The lowest BCUT2D eigenvalue weighted by molar-refractivity contribution is -0.128. The van der Waals surface area contributed by atoms with Crippen molar-refractivity contribution in [2.75, 3.05) is 40.8 Å². The van der Waals surface area contributed by atoms with Crippen LogP contribution < -0.4 is 15.4 Å². The highest BCUT2D eigenvalue weighted by atomic mass is 19.1. The Hall–Kier alpha value is -4.19. The SMILES string of the molecule is COc1ccc2c(c1)C(=O)N(C[C@@]1(C3=CC4C=C(C(=O)N5CCC(N(C)C)CC5)C(F)=CC4O3)NC(=O)NC1=O)C2. The van der Waals surface area contributed by atoms with Gasteiger partial charge in [0.25, 0.3) is 17.7 Å². The Morgan fingerprint density at radius 3 is 2.59 bits per heavy atom. The number of likely N-dealkylation sites (tertiary alicyclic amines) is 1. The molecule has 2 saturated heterocycles. The number of piperidine rings is 1. The molecule has 6 rings (SSSR count). The first-order valence-corrected chi connectivity index (χ1v) is 13.6. The molecule has 11 nitrogen and oxygen atoms in total. The van der Waals surface area contributed by atoms with Gasteiger partial charge in [0.15, 0.2) is 5.54 Å². The number of carbonyl (C=O) groups excluding carboxylic acids is 4. The van der Waals surface area contributed by atoms with E-state index in [1.54, 1.807) is 29.2 Å². The van der Waals surface area contributed by atoms with Crippen LogP contribution in [-0.4, -0.2) is 97.0 Å². The number of ether oxygens (including phenoxy) is 2. The quantitative estimate of drug-likeness (QED) is 0.502. The van der Waals surface area contributed by atoms with Crippen molar-refractivity contribution in [3.05, 3.63) is 64.7 Å². The van der Waals surface area contributed by atoms with E-state index < -0.39 is 35.3 Å². The lowest BCUT2D eigenvalue weighted by Crippen LogP contribution is -2.57. The van der Waals surface area contributed by atoms with Crippen molar-refractivity contribution in [3.63, 3.8) is 0 Å². The number of amides is 5. The highest BCUT2D eigenvalue weighted by Gasteiger charge is 2.55. The number of urea groups is 1. The first kappa shape index (κ1) is 27.0. The summed E-state index contributed by atoms with van der Waals surface area (Å²) in [6.07, 6.45) is 5.19. The van der Waals surface area contributed by atoms with Crippen molar-refractivity contribution < 1.29 is 33.0 Å². The summed E-state index contributed by atoms with van der Waals surface area (Å²) in [5.41, 5.74) is -0.544. The number of imide groups is 1. The maximum Gasteiger partial charge on any atom is 0.322 e. The Morgan fingerprint density at radius 1 is 1.17 bits per heavy atom. The highest BCUT2D eigenvalue weighted by Crippen LogP contribution is 2.40. The average Bonchev–Trinajstić information content (AvgIpc) is 3.60. The number of hydrogen-bond acceptors (Lipinski definition) is 7. The third-order valence-corrected chi connectivity index (χ3v) is 8.61. The molecular formula is C29H32FN5O6. The summed E-state index contributed by atoms with van der Waals surface area (Å²) >= 11 is 0. The van der Waals surface area contributed by atoms with Crippen LogP contribution in [-0.2, 0) is 20.9 Å². The number of halogens is 1. The highest BCUT2D eigenvalue weighted by molar-refractivity contribution is 6.10. The van der Waals surface area contributed by atoms with Gasteiger partial charge in [-0.15, -0.1) is 0 Å². The van der Waals surface area contributed by atoms with Crippen molar-refractivity contribution in [1.29, 1.82) is 0 Å². The van der Waals surface area contributed by atoms with E-state index >= 15 is 4.39 Å². The van der Waals surface area contributed by atoms with Crippen LogP contribution in [0.5, 0.6) is 5.75 Å². The maximum absolute atomic E-state index is 15.2. The van der Waals surface area contributed by atoms with E-state index in [0.717, 1.165) is 18.4 Å². The molecule has 2 unspecified atom stereocenters. The lowest BCUT2D eigenvalue weighted by atomic mass is 9.90. The van der Waals surface area contributed by atoms with Crippen LogP contribution >= 0.6 is 0 Å². The number of hydrogen-bond donors (Lipinski definition) is 2. The molecule has 0 bridgehead atoms. The summed E-state index contributed by atoms with van der Waals surface area (Å²) < 4.78 is 26.5. The third-order valence-electron chi connectivity index (χ3n) is 8.61. The molecule has 1 aliphatic carbocycles. The Bertz CT molecular complexity index is 1430. The van der Waals surface area contributed by atoms with Gasteiger partial charge in [-0.1, -0.05) is 12.1 Å². The van der Waals surface area contributed by atoms with Gasteiger partial charge >= 0.3 is 6.03 Å².